The van der Waals surface area contributed by atoms with Crippen LogP contribution < -0.4 is 25.2 Å². The van der Waals surface area contributed by atoms with Gasteiger partial charge < -0.3 is 34.8 Å². The zero-order chi connectivity index (χ0) is 30.0. The molecule has 42 heavy (non-hydrogen) atoms. The van der Waals surface area contributed by atoms with Crippen molar-refractivity contribution < 1.29 is 23.9 Å². The van der Waals surface area contributed by atoms with Gasteiger partial charge in [-0.2, -0.15) is 4.98 Å². The molecule has 1 aromatic carbocycles. The van der Waals surface area contributed by atoms with Crippen LogP contribution in [0.25, 0.3) is 0 Å². The molecule has 0 unspecified atom stereocenters. The molecule has 1 atom stereocenters. The number of piperazine rings is 1. The third-order valence-corrected chi connectivity index (χ3v) is 7.71. The zero-order valence-electron chi connectivity index (χ0n) is 24.5. The van der Waals surface area contributed by atoms with Gasteiger partial charge >= 0.3 is 0 Å². The lowest BCUT2D eigenvalue weighted by molar-refractivity contribution is -0.134. The summed E-state index contributed by atoms with van der Waals surface area (Å²) in [5, 5.41) is 6.58. The number of carbonyl (C=O) groups excluding carboxylic acids is 3. The van der Waals surface area contributed by atoms with E-state index in [1.807, 2.05) is 37.8 Å². The first kappa shape index (κ1) is 29.8. The molecule has 5 rings (SSSR count). The van der Waals surface area contributed by atoms with Crippen molar-refractivity contribution in [3.63, 3.8) is 0 Å². The second kappa shape index (κ2) is 12.3. The predicted octanol–water partition coefficient (Wildman–Crippen LogP) is 2.90. The van der Waals surface area contributed by atoms with E-state index >= 15 is 0 Å². The normalized spacial score (nSPS) is 19.1. The molecule has 226 valence electrons. The number of nitrogens with zero attached hydrogens (tertiary/aromatic N) is 5. The number of benzene rings is 1. The van der Waals surface area contributed by atoms with Gasteiger partial charge in [0.2, 0.25) is 23.7 Å². The molecule has 0 saturated carbocycles. The highest BCUT2D eigenvalue weighted by Gasteiger charge is 2.32. The summed E-state index contributed by atoms with van der Waals surface area (Å²) in [4.78, 5) is 52.5. The van der Waals surface area contributed by atoms with Crippen molar-refractivity contribution in [2.45, 2.75) is 58.0 Å². The van der Waals surface area contributed by atoms with Crippen molar-refractivity contribution in [1.82, 2.24) is 20.2 Å². The van der Waals surface area contributed by atoms with Crippen molar-refractivity contribution in [1.29, 1.82) is 0 Å². The van der Waals surface area contributed by atoms with Gasteiger partial charge in [0.05, 0.1) is 31.1 Å². The molecule has 0 aliphatic carbocycles. The first-order valence-electron chi connectivity index (χ1n) is 14.3. The van der Waals surface area contributed by atoms with Crippen molar-refractivity contribution in [3.8, 4) is 5.75 Å². The molecule has 1 aromatic heterocycles. The maximum Gasteiger partial charge on any atom is 0.227 e. The van der Waals surface area contributed by atoms with Crippen LogP contribution in [-0.4, -0.2) is 90.7 Å². The molecule has 12 nitrogen and oxygen atoms in total. The number of carbonyl (C=O) groups is 3. The topological polar surface area (TPSA) is 129 Å². The number of nitrogens with one attached hydrogen (secondary N) is 2. The minimum Gasteiger partial charge on any atom is -0.489 e. The van der Waals surface area contributed by atoms with E-state index in [-0.39, 0.29) is 48.8 Å². The van der Waals surface area contributed by atoms with Crippen LogP contribution in [0.2, 0.25) is 5.02 Å². The summed E-state index contributed by atoms with van der Waals surface area (Å²) >= 11 is 6.52. The Morgan fingerprint density at radius 2 is 1.98 bits per heavy atom. The molecule has 2 aromatic rings. The first-order valence-corrected chi connectivity index (χ1v) is 14.7. The number of anilines is 4. The van der Waals surface area contributed by atoms with E-state index in [4.69, 9.17) is 26.1 Å². The molecule has 13 heteroatoms. The molecule has 4 heterocycles. The molecular formula is C29H38ClN7O5. The van der Waals surface area contributed by atoms with Gasteiger partial charge in [0, 0.05) is 63.2 Å². The molecule has 3 amide bonds. The smallest absolute Gasteiger partial charge is 0.227 e. The average molecular weight is 600 g/mol. The SMILES string of the molecule is CN1C(=O)CCc2cc3cc(c21)OCCOC[C@H]1CN(C(=O)CCC(=O)NC(C)(C)C)CCN1c1ncc(Cl)c(n1)N3. The van der Waals surface area contributed by atoms with E-state index in [2.05, 4.69) is 15.6 Å². The molecular weight excluding hydrogens is 562 g/mol. The first-order chi connectivity index (χ1) is 20.0. The van der Waals surface area contributed by atoms with Gasteiger partial charge in [0.1, 0.15) is 17.4 Å². The monoisotopic (exact) mass is 599 g/mol. The van der Waals surface area contributed by atoms with Gasteiger partial charge in [-0.15, -0.1) is 0 Å². The van der Waals surface area contributed by atoms with Crippen LogP contribution in [0.5, 0.6) is 5.75 Å². The molecule has 4 bridgehead atoms. The third kappa shape index (κ3) is 6.87. The van der Waals surface area contributed by atoms with Gasteiger partial charge in [-0.25, -0.2) is 4.98 Å². The quantitative estimate of drug-likeness (QED) is 0.547. The number of fused-ring (bicyclic) bond motifs is 8. The van der Waals surface area contributed by atoms with Crippen molar-refractivity contribution in [2.24, 2.45) is 0 Å². The number of ether oxygens (including phenoxy) is 2. The minimum atomic E-state index is -0.348. The summed E-state index contributed by atoms with van der Waals surface area (Å²) in [6, 6.07) is 3.60. The number of hydrogen-bond acceptors (Lipinski definition) is 9. The highest BCUT2D eigenvalue weighted by atomic mass is 35.5. The Kier molecular flexibility index (Phi) is 8.74. The maximum absolute atomic E-state index is 13.1. The summed E-state index contributed by atoms with van der Waals surface area (Å²) in [5.74, 6) is 1.29. The largest absolute Gasteiger partial charge is 0.489 e. The fourth-order valence-corrected chi connectivity index (χ4v) is 5.59. The Hall–Kier alpha value is -3.64. The van der Waals surface area contributed by atoms with Crippen molar-refractivity contribution >= 4 is 52.5 Å². The van der Waals surface area contributed by atoms with Crippen LogP contribution >= 0.6 is 11.6 Å². The van der Waals surface area contributed by atoms with E-state index in [0.29, 0.717) is 68.2 Å². The third-order valence-electron chi connectivity index (χ3n) is 7.43. The number of aryl methyl sites for hydroxylation is 1. The van der Waals surface area contributed by atoms with Crippen LogP contribution in [-0.2, 0) is 25.5 Å². The maximum atomic E-state index is 13.1. The van der Waals surface area contributed by atoms with Crippen LogP contribution in [0.15, 0.2) is 18.3 Å². The zero-order valence-corrected chi connectivity index (χ0v) is 25.3. The van der Waals surface area contributed by atoms with E-state index in [0.717, 1.165) is 16.9 Å². The van der Waals surface area contributed by atoms with Crippen LogP contribution in [0.4, 0.5) is 23.1 Å². The van der Waals surface area contributed by atoms with E-state index < -0.39 is 0 Å². The molecule has 3 aliphatic heterocycles. The Labute approximate surface area is 250 Å². The van der Waals surface area contributed by atoms with Gasteiger partial charge in [-0.1, -0.05) is 11.6 Å². The average Bonchev–Trinajstić information content (AvgIpc) is 2.93. The number of hydrogen-bond donors (Lipinski definition) is 2. The molecule has 0 spiro atoms. The lowest BCUT2D eigenvalue weighted by Gasteiger charge is -2.41. The van der Waals surface area contributed by atoms with Crippen LogP contribution in [0, 0.1) is 0 Å². The summed E-state index contributed by atoms with van der Waals surface area (Å²) in [6.07, 6.45) is 2.86. The second-order valence-corrected chi connectivity index (χ2v) is 12.2. The second-order valence-electron chi connectivity index (χ2n) is 11.8. The number of rotatable bonds is 3. The van der Waals surface area contributed by atoms with Gasteiger partial charge in [0.15, 0.2) is 5.82 Å². The Balaban J connectivity index is 1.36. The Morgan fingerprint density at radius 3 is 2.76 bits per heavy atom. The van der Waals surface area contributed by atoms with E-state index in [1.165, 1.54) is 0 Å². The van der Waals surface area contributed by atoms with Crippen molar-refractivity contribution in [2.75, 3.05) is 61.6 Å². The van der Waals surface area contributed by atoms with E-state index in [9.17, 15) is 14.4 Å². The summed E-state index contributed by atoms with van der Waals surface area (Å²) in [7, 11) is 1.75. The predicted molar refractivity (Wildman–Crippen MR) is 160 cm³/mol. The van der Waals surface area contributed by atoms with Crippen LogP contribution in [0.3, 0.4) is 0 Å². The van der Waals surface area contributed by atoms with Gasteiger partial charge in [-0.3, -0.25) is 14.4 Å². The Morgan fingerprint density at radius 1 is 1.17 bits per heavy atom. The lowest BCUT2D eigenvalue weighted by atomic mass is 10.00. The van der Waals surface area contributed by atoms with E-state index in [1.54, 1.807) is 23.0 Å². The van der Waals surface area contributed by atoms with Gasteiger partial charge in [-0.05, 0) is 38.8 Å². The molecule has 0 radical (unpaired) electrons. The molecule has 1 fully saturated rings. The highest BCUT2D eigenvalue weighted by molar-refractivity contribution is 6.32. The minimum absolute atomic E-state index is 0.0357. The lowest BCUT2D eigenvalue weighted by Crippen LogP contribution is -2.57. The fourth-order valence-electron chi connectivity index (χ4n) is 5.45. The number of aromatic nitrogens is 2. The molecule has 2 N–H and O–H groups in total. The summed E-state index contributed by atoms with van der Waals surface area (Å²) < 4.78 is 12.2. The molecule has 3 aliphatic rings. The summed E-state index contributed by atoms with van der Waals surface area (Å²) in [5.41, 5.74) is 2.13. The Bertz CT molecular complexity index is 1360. The molecule has 1 saturated heterocycles. The highest BCUT2D eigenvalue weighted by Crippen LogP contribution is 2.40. The van der Waals surface area contributed by atoms with Crippen molar-refractivity contribution in [3.05, 3.63) is 28.9 Å². The van der Waals surface area contributed by atoms with Crippen LogP contribution in [0.1, 0.15) is 45.6 Å². The summed E-state index contributed by atoms with van der Waals surface area (Å²) in [6.45, 7) is 7.98. The standard InChI is InChI=1S/C29H38ClN7O5/c1-29(2,3)34-23(38)6-8-25(40)36-9-10-37-20(16-36)17-41-11-12-42-22-14-19(32-27-21(30)15-31-28(37)33-27)13-18-5-7-24(39)35(4)26(18)22/h13-15,20H,5-12,16-17H2,1-4H3,(H,34,38)(H,31,32,33)/t20-/m1/s1. The number of amides is 3. The fraction of sp³-hybridized carbons (Fsp3) is 0.552. The van der Waals surface area contributed by atoms with Gasteiger partial charge in [0.25, 0.3) is 0 Å². The number of halogens is 1.